The molecule has 3 aliphatic heterocycles. The standard InChI is InChI=1S/C41H51N3O8S/c1-51-37-22-27-18-19-42-38-34(27)21-28(37)12-8-4-3-7-11-15-31(45)20-29-13-9-5-2-6-10-14-30-24-41(30,40(48)43-53(49,50)33-16-17-33)25-36(46)35-23-32(52-38)26-44(35)39(29)47/h8,10,12,14,18-19,21-22,29-30,32-33,35H,2-7,9,11,13,15-17,20,23-26H2,1H3,(H,43,48)/b12-8+,14-10-/t29-,30-,32-,35+,41-/m1/s1. The van der Waals surface area contributed by atoms with Gasteiger partial charge in [-0.05, 0) is 87.3 Å². The van der Waals surface area contributed by atoms with E-state index >= 15 is 0 Å². The van der Waals surface area contributed by atoms with Crippen molar-refractivity contribution in [1.82, 2.24) is 14.6 Å². The number of Topliss-reactive ketones (excluding diaryl/α,β-unsaturated/α-hetero) is 2. The van der Waals surface area contributed by atoms with Crippen molar-refractivity contribution >= 4 is 50.3 Å². The molecule has 5 aliphatic rings. The number of amides is 2. The second kappa shape index (κ2) is 15.7. The molecule has 5 atom stereocenters. The predicted octanol–water partition coefficient (Wildman–Crippen LogP) is 6.24. The minimum atomic E-state index is -3.82. The molecule has 2 aromatic rings. The SMILES string of the molecule is COc1cc2ccnc3c2cc1/C=C/CCCCCC(=O)C[C@H]1CCCCC/C=C\[C@@H]2C[C@@]2(C(=O)NS(=O)(=O)C2CC2)CC(=O)[C@@H]2C[C@H](CN2C1=O)O3. The molecule has 0 radical (unpaired) electrons. The van der Waals surface area contributed by atoms with Gasteiger partial charge in [-0.2, -0.15) is 0 Å². The van der Waals surface area contributed by atoms with E-state index < -0.39 is 44.7 Å². The molecule has 2 aliphatic carbocycles. The Hall–Kier alpha value is -4.06. The topological polar surface area (TPSA) is 149 Å². The third kappa shape index (κ3) is 8.37. The number of pyridine rings is 1. The normalized spacial score (nSPS) is 30.2. The fourth-order valence-electron chi connectivity index (χ4n) is 8.42. The van der Waals surface area contributed by atoms with E-state index in [1.807, 2.05) is 36.4 Å². The van der Waals surface area contributed by atoms with Crippen LogP contribution in [-0.2, 0) is 29.2 Å². The maximum Gasteiger partial charge on any atom is 0.240 e. The highest BCUT2D eigenvalue weighted by Gasteiger charge is 2.61. The third-order valence-corrected chi connectivity index (χ3v) is 13.6. The Labute approximate surface area is 312 Å². The molecule has 12 heteroatoms. The number of ketones is 2. The van der Waals surface area contributed by atoms with Crippen molar-refractivity contribution in [2.45, 2.75) is 120 Å². The lowest BCUT2D eigenvalue weighted by molar-refractivity contribution is -0.143. The van der Waals surface area contributed by atoms with Gasteiger partial charge in [-0.1, -0.05) is 43.6 Å². The molecule has 1 aromatic carbocycles. The number of rotatable bonds is 4. The van der Waals surface area contributed by atoms with Crippen LogP contribution in [0.15, 0.2) is 42.6 Å². The van der Waals surface area contributed by atoms with Gasteiger partial charge in [0.15, 0.2) is 5.78 Å². The van der Waals surface area contributed by atoms with Gasteiger partial charge in [0, 0.05) is 48.7 Å². The molecule has 53 heavy (non-hydrogen) atoms. The Balaban J connectivity index is 1.23. The molecule has 11 nitrogen and oxygen atoms in total. The summed E-state index contributed by atoms with van der Waals surface area (Å²) in [5.74, 6) is -0.876. The number of allylic oxidation sites excluding steroid dienone is 3. The zero-order chi connectivity index (χ0) is 37.2. The van der Waals surface area contributed by atoms with E-state index in [4.69, 9.17) is 9.47 Å². The summed E-state index contributed by atoms with van der Waals surface area (Å²) < 4.78 is 40.3. The molecule has 4 heterocycles. The number of fused-ring (bicyclic) bond motifs is 4. The number of benzene rings is 1. The lowest BCUT2D eigenvalue weighted by Crippen LogP contribution is -2.46. The van der Waals surface area contributed by atoms with Crippen LogP contribution in [0, 0.1) is 17.3 Å². The molecule has 2 saturated carbocycles. The van der Waals surface area contributed by atoms with Crippen molar-refractivity contribution in [2.24, 2.45) is 17.3 Å². The largest absolute Gasteiger partial charge is 0.496 e. The number of carbonyl (C=O) groups excluding carboxylic acids is 4. The van der Waals surface area contributed by atoms with Gasteiger partial charge in [0.25, 0.3) is 0 Å². The minimum absolute atomic E-state index is 0.0532. The Bertz CT molecular complexity index is 1920. The van der Waals surface area contributed by atoms with Crippen LogP contribution >= 0.6 is 0 Å². The number of hydrogen-bond donors (Lipinski definition) is 1. The van der Waals surface area contributed by atoms with E-state index in [0.29, 0.717) is 43.7 Å². The molecular weight excluding hydrogens is 695 g/mol. The first kappa shape index (κ1) is 37.3. The van der Waals surface area contributed by atoms with Crippen molar-refractivity contribution in [1.29, 1.82) is 0 Å². The highest BCUT2D eigenvalue weighted by molar-refractivity contribution is 7.90. The summed E-state index contributed by atoms with van der Waals surface area (Å²) in [6.45, 7) is 0.125. The highest BCUT2D eigenvalue weighted by Crippen LogP contribution is 2.57. The number of aromatic nitrogens is 1. The van der Waals surface area contributed by atoms with Gasteiger partial charge in [-0.15, -0.1) is 0 Å². The van der Waals surface area contributed by atoms with Crippen molar-refractivity contribution < 1.29 is 37.1 Å². The number of hydrogen-bond acceptors (Lipinski definition) is 9. The van der Waals surface area contributed by atoms with E-state index in [1.54, 1.807) is 18.2 Å². The first-order valence-corrected chi connectivity index (χ1v) is 21.0. The summed E-state index contributed by atoms with van der Waals surface area (Å²) in [6.07, 6.45) is 18.4. The van der Waals surface area contributed by atoms with Crippen molar-refractivity contribution in [3.05, 3.63) is 48.2 Å². The molecule has 2 amide bonds. The fourth-order valence-corrected chi connectivity index (χ4v) is 9.80. The quantitative estimate of drug-likeness (QED) is 0.359. The minimum Gasteiger partial charge on any atom is -0.496 e. The molecule has 1 aromatic heterocycles. The van der Waals surface area contributed by atoms with Gasteiger partial charge >= 0.3 is 0 Å². The molecule has 0 unspecified atom stereocenters. The molecule has 0 spiro atoms. The van der Waals surface area contributed by atoms with Crippen molar-refractivity contribution in [3.63, 3.8) is 0 Å². The fraction of sp³-hybridized carbons (Fsp3) is 0.585. The van der Waals surface area contributed by atoms with E-state index in [9.17, 15) is 27.6 Å². The van der Waals surface area contributed by atoms with Gasteiger partial charge in [0.1, 0.15) is 17.6 Å². The first-order chi connectivity index (χ1) is 25.6. The van der Waals surface area contributed by atoms with E-state index in [0.717, 1.165) is 67.7 Å². The summed E-state index contributed by atoms with van der Waals surface area (Å²) in [5.41, 5.74) is -0.331. The first-order valence-electron chi connectivity index (χ1n) is 19.5. The van der Waals surface area contributed by atoms with Crippen LogP contribution in [0.2, 0.25) is 0 Å². The number of carbonyl (C=O) groups is 4. The average molecular weight is 746 g/mol. The zero-order valence-corrected chi connectivity index (χ0v) is 31.4. The zero-order valence-electron chi connectivity index (χ0n) is 30.6. The second-order valence-electron chi connectivity index (χ2n) is 15.7. The van der Waals surface area contributed by atoms with Crippen molar-refractivity contribution in [2.75, 3.05) is 13.7 Å². The van der Waals surface area contributed by atoms with Crippen LogP contribution in [0.25, 0.3) is 16.8 Å². The highest BCUT2D eigenvalue weighted by atomic mass is 32.2. The molecule has 1 N–H and O–H groups in total. The number of nitrogens with zero attached hydrogens (tertiary/aromatic N) is 2. The maximum absolute atomic E-state index is 14.6. The summed E-state index contributed by atoms with van der Waals surface area (Å²) in [4.78, 5) is 62.4. The molecular formula is C41H51N3O8S. The van der Waals surface area contributed by atoms with Crippen LogP contribution < -0.4 is 14.2 Å². The number of methoxy groups -OCH3 is 1. The number of ether oxygens (including phenoxy) is 2. The smallest absolute Gasteiger partial charge is 0.240 e. The van der Waals surface area contributed by atoms with Crippen molar-refractivity contribution in [3.8, 4) is 11.6 Å². The van der Waals surface area contributed by atoms with Gasteiger partial charge < -0.3 is 14.4 Å². The molecule has 3 fully saturated rings. The Morgan fingerprint density at radius 1 is 1.02 bits per heavy atom. The lowest BCUT2D eigenvalue weighted by Gasteiger charge is -2.29. The Morgan fingerprint density at radius 2 is 1.81 bits per heavy atom. The maximum atomic E-state index is 14.6. The summed E-state index contributed by atoms with van der Waals surface area (Å²) in [5, 5.41) is 1.07. The summed E-state index contributed by atoms with van der Waals surface area (Å²) in [6, 6.07) is 4.92. The molecule has 7 rings (SSSR count). The third-order valence-electron chi connectivity index (χ3n) is 11.8. The summed E-state index contributed by atoms with van der Waals surface area (Å²) >= 11 is 0. The second-order valence-corrected chi connectivity index (χ2v) is 17.7. The Kier molecular flexibility index (Phi) is 11.1. The Morgan fingerprint density at radius 3 is 2.60 bits per heavy atom. The molecule has 1 saturated heterocycles. The average Bonchev–Trinajstić information content (AvgIpc) is 4.06. The van der Waals surface area contributed by atoms with Gasteiger partial charge in [0.2, 0.25) is 27.7 Å². The van der Waals surface area contributed by atoms with Crippen LogP contribution in [-0.4, -0.2) is 72.7 Å². The number of nitrogens with one attached hydrogen (secondary N) is 1. The monoisotopic (exact) mass is 745 g/mol. The van der Waals surface area contributed by atoms with Crippen LogP contribution in [0.3, 0.4) is 0 Å². The van der Waals surface area contributed by atoms with E-state index in [1.165, 1.54) is 0 Å². The van der Waals surface area contributed by atoms with Gasteiger partial charge in [-0.3, -0.25) is 23.9 Å². The summed E-state index contributed by atoms with van der Waals surface area (Å²) in [7, 11) is -2.19. The van der Waals surface area contributed by atoms with Crippen LogP contribution in [0.5, 0.6) is 11.6 Å². The predicted molar refractivity (Wildman–Crippen MR) is 201 cm³/mol. The van der Waals surface area contributed by atoms with Gasteiger partial charge in [-0.25, -0.2) is 13.4 Å². The molecule has 5 bridgehead atoms. The van der Waals surface area contributed by atoms with Crippen LogP contribution in [0.4, 0.5) is 0 Å². The lowest BCUT2D eigenvalue weighted by atomic mass is 9.90. The van der Waals surface area contributed by atoms with Crippen LogP contribution in [0.1, 0.15) is 108 Å². The van der Waals surface area contributed by atoms with E-state index in [-0.39, 0.29) is 49.2 Å². The van der Waals surface area contributed by atoms with Gasteiger partial charge in [0.05, 0.1) is 30.4 Å². The van der Waals surface area contributed by atoms with E-state index in [2.05, 4.69) is 15.8 Å². The number of sulfonamides is 1. The molecule has 284 valence electrons.